The number of carbonyl (C=O) groups excluding carboxylic acids is 1. The molecule has 1 N–H and O–H groups in total. The summed E-state index contributed by atoms with van der Waals surface area (Å²) in [6.45, 7) is 0.803. The first-order valence-corrected chi connectivity index (χ1v) is 9.94. The highest BCUT2D eigenvalue weighted by Gasteiger charge is 2.43. The van der Waals surface area contributed by atoms with Gasteiger partial charge in [0.1, 0.15) is 6.04 Å². The highest BCUT2D eigenvalue weighted by atomic mass is 32.2. The molecular weight excluding hydrogens is 344 g/mol. The second-order valence-electron chi connectivity index (χ2n) is 6.51. The molecule has 0 aromatic heterocycles. The van der Waals surface area contributed by atoms with Crippen molar-refractivity contribution in [2.75, 3.05) is 13.1 Å². The summed E-state index contributed by atoms with van der Waals surface area (Å²) in [4.78, 5) is 25.7. The summed E-state index contributed by atoms with van der Waals surface area (Å²) >= 11 is 0. The fourth-order valence-corrected chi connectivity index (χ4v) is 5.41. The summed E-state index contributed by atoms with van der Waals surface area (Å²) in [5.41, 5.74) is 0. The van der Waals surface area contributed by atoms with E-state index >= 15 is 0 Å². The SMILES string of the molecule is O=C(O)CC1CCCN1C(=O)C1CCCN1S(=O)(=O)c1ccccc1. The van der Waals surface area contributed by atoms with Crippen molar-refractivity contribution in [1.82, 2.24) is 9.21 Å². The van der Waals surface area contributed by atoms with Crippen molar-refractivity contribution in [3.8, 4) is 0 Å². The van der Waals surface area contributed by atoms with Crippen LogP contribution in [0.1, 0.15) is 32.1 Å². The first kappa shape index (κ1) is 17.9. The van der Waals surface area contributed by atoms with Gasteiger partial charge in [-0.2, -0.15) is 4.31 Å². The number of rotatable bonds is 5. The van der Waals surface area contributed by atoms with E-state index < -0.39 is 22.0 Å². The molecule has 0 bridgehead atoms. The number of nitrogens with zero attached hydrogens (tertiary/aromatic N) is 2. The van der Waals surface area contributed by atoms with E-state index in [1.807, 2.05) is 0 Å². The number of carboxylic acid groups (broad SMARTS) is 1. The molecule has 0 spiro atoms. The molecule has 136 valence electrons. The molecule has 2 aliphatic heterocycles. The summed E-state index contributed by atoms with van der Waals surface area (Å²) in [6, 6.07) is 7.03. The minimum Gasteiger partial charge on any atom is -0.481 e. The summed E-state index contributed by atoms with van der Waals surface area (Å²) < 4.78 is 27.0. The molecule has 3 rings (SSSR count). The van der Waals surface area contributed by atoms with Crippen molar-refractivity contribution >= 4 is 21.9 Å². The van der Waals surface area contributed by atoms with E-state index in [2.05, 4.69) is 0 Å². The van der Waals surface area contributed by atoms with Crippen molar-refractivity contribution < 1.29 is 23.1 Å². The number of amides is 1. The summed E-state index contributed by atoms with van der Waals surface area (Å²) in [5.74, 6) is -1.20. The molecule has 1 aromatic rings. The third-order valence-electron chi connectivity index (χ3n) is 4.91. The maximum Gasteiger partial charge on any atom is 0.305 e. The summed E-state index contributed by atoms with van der Waals surface area (Å²) in [5, 5.41) is 9.02. The van der Waals surface area contributed by atoms with Crippen LogP contribution in [-0.4, -0.2) is 59.8 Å². The normalized spacial score (nSPS) is 24.6. The van der Waals surface area contributed by atoms with Gasteiger partial charge in [-0.1, -0.05) is 18.2 Å². The van der Waals surface area contributed by atoms with Gasteiger partial charge in [0.2, 0.25) is 15.9 Å². The molecule has 2 fully saturated rings. The monoisotopic (exact) mass is 366 g/mol. The van der Waals surface area contributed by atoms with Gasteiger partial charge in [-0.3, -0.25) is 9.59 Å². The second kappa shape index (κ2) is 7.13. The van der Waals surface area contributed by atoms with E-state index in [-0.39, 0.29) is 23.3 Å². The van der Waals surface area contributed by atoms with Crippen molar-refractivity contribution in [1.29, 1.82) is 0 Å². The lowest BCUT2D eigenvalue weighted by Gasteiger charge is -2.30. The predicted molar refractivity (Wildman–Crippen MR) is 90.3 cm³/mol. The number of sulfonamides is 1. The molecule has 0 radical (unpaired) electrons. The Hall–Kier alpha value is -1.93. The summed E-state index contributed by atoms with van der Waals surface area (Å²) in [7, 11) is -3.73. The quantitative estimate of drug-likeness (QED) is 0.848. The molecule has 1 amide bonds. The molecule has 8 heteroatoms. The van der Waals surface area contributed by atoms with Crippen LogP contribution in [0, 0.1) is 0 Å². The Balaban J connectivity index is 1.82. The maximum absolute atomic E-state index is 13.0. The molecule has 2 atom stereocenters. The van der Waals surface area contributed by atoms with E-state index in [0.29, 0.717) is 32.4 Å². The van der Waals surface area contributed by atoms with Gasteiger partial charge >= 0.3 is 5.97 Å². The Bertz CT molecular complexity index is 750. The Kier molecular flexibility index (Phi) is 5.10. The van der Waals surface area contributed by atoms with E-state index in [1.54, 1.807) is 23.1 Å². The fourth-order valence-electron chi connectivity index (χ4n) is 3.73. The van der Waals surface area contributed by atoms with Crippen molar-refractivity contribution in [2.24, 2.45) is 0 Å². The van der Waals surface area contributed by atoms with Gasteiger partial charge < -0.3 is 10.0 Å². The van der Waals surface area contributed by atoms with Crippen LogP contribution in [0.25, 0.3) is 0 Å². The average Bonchev–Trinajstić information content (AvgIpc) is 3.24. The van der Waals surface area contributed by atoms with Gasteiger partial charge in [0, 0.05) is 19.1 Å². The van der Waals surface area contributed by atoms with Crippen LogP contribution >= 0.6 is 0 Å². The Morgan fingerprint density at radius 2 is 1.76 bits per heavy atom. The van der Waals surface area contributed by atoms with Gasteiger partial charge in [0.15, 0.2) is 0 Å². The minimum absolute atomic E-state index is 0.0934. The first-order chi connectivity index (χ1) is 11.9. The van der Waals surface area contributed by atoms with E-state index in [9.17, 15) is 18.0 Å². The largest absolute Gasteiger partial charge is 0.481 e. The predicted octanol–water partition coefficient (Wildman–Crippen LogP) is 1.31. The van der Waals surface area contributed by atoms with Crippen LogP contribution in [0.4, 0.5) is 0 Å². The zero-order valence-corrected chi connectivity index (χ0v) is 14.7. The van der Waals surface area contributed by atoms with Gasteiger partial charge in [-0.15, -0.1) is 0 Å². The number of carboxylic acids is 1. The topological polar surface area (TPSA) is 95.0 Å². The van der Waals surface area contributed by atoms with E-state index in [0.717, 1.165) is 6.42 Å². The molecule has 25 heavy (non-hydrogen) atoms. The van der Waals surface area contributed by atoms with E-state index in [1.165, 1.54) is 16.4 Å². The van der Waals surface area contributed by atoms with Gasteiger partial charge in [0.25, 0.3) is 0 Å². The number of hydrogen-bond donors (Lipinski definition) is 1. The van der Waals surface area contributed by atoms with Gasteiger partial charge in [-0.25, -0.2) is 8.42 Å². The van der Waals surface area contributed by atoms with Crippen LogP contribution < -0.4 is 0 Å². The molecule has 7 nitrogen and oxygen atoms in total. The average molecular weight is 366 g/mol. The van der Waals surface area contributed by atoms with Crippen molar-refractivity contribution in [3.63, 3.8) is 0 Å². The van der Waals surface area contributed by atoms with Gasteiger partial charge in [0.05, 0.1) is 11.3 Å². The van der Waals surface area contributed by atoms with Crippen LogP contribution in [0.5, 0.6) is 0 Å². The zero-order chi connectivity index (χ0) is 18.0. The molecular formula is C17H22N2O5S. The minimum atomic E-state index is -3.73. The Morgan fingerprint density at radius 1 is 1.08 bits per heavy atom. The standard InChI is InChI=1S/C17H22N2O5S/c20-16(21)12-13-6-4-10-18(13)17(22)15-9-5-11-19(15)25(23,24)14-7-2-1-3-8-14/h1-3,7-8,13,15H,4-6,9-12H2,(H,20,21). The molecule has 2 unspecified atom stereocenters. The van der Waals surface area contributed by atoms with Crippen molar-refractivity contribution in [3.05, 3.63) is 30.3 Å². The second-order valence-corrected chi connectivity index (χ2v) is 8.40. The van der Waals surface area contributed by atoms with E-state index in [4.69, 9.17) is 5.11 Å². The number of likely N-dealkylation sites (tertiary alicyclic amines) is 1. The maximum atomic E-state index is 13.0. The zero-order valence-electron chi connectivity index (χ0n) is 13.9. The van der Waals surface area contributed by atoms with Crippen LogP contribution in [0.3, 0.4) is 0 Å². The molecule has 1 aromatic carbocycles. The number of benzene rings is 1. The fraction of sp³-hybridized carbons (Fsp3) is 0.529. The lowest BCUT2D eigenvalue weighted by Crippen LogP contribution is -2.49. The highest BCUT2D eigenvalue weighted by Crippen LogP contribution is 2.30. The lowest BCUT2D eigenvalue weighted by atomic mass is 10.1. The van der Waals surface area contributed by atoms with Crippen molar-refractivity contribution in [2.45, 2.75) is 49.1 Å². The first-order valence-electron chi connectivity index (χ1n) is 8.50. The number of carbonyl (C=O) groups is 2. The Labute approximate surface area is 147 Å². The lowest BCUT2D eigenvalue weighted by molar-refractivity contribution is -0.141. The third kappa shape index (κ3) is 3.55. The Morgan fingerprint density at radius 3 is 2.44 bits per heavy atom. The molecule has 2 saturated heterocycles. The summed E-state index contributed by atoms with van der Waals surface area (Å²) in [6.07, 6.45) is 2.41. The number of aliphatic carboxylic acids is 1. The molecule has 2 aliphatic rings. The molecule has 0 saturated carbocycles. The highest BCUT2D eigenvalue weighted by molar-refractivity contribution is 7.89. The molecule has 2 heterocycles. The smallest absolute Gasteiger partial charge is 0.305 e. The molecule has 0 aliphatic carbocycles. The number of hydrogen-bond acceptors (Lipinski definition) is 4. The third-order valence-corrected chi connectivity index (χ3v) is 6.83. The van der Waals surface area contributed by atoms with Crippen LogP contribution in [-0.2, 0) is 19.6 Å². The van der Waals surface area contributed by atoms with Crippen LogP contribution in [0.2, 0.25) is 0 Å². The van der Waals surface area contributed by atoms with Gasteiger partial charge in [-0.05, 0) is 37.8 Å². The van der Waals surface area contributed by atoms with Crippen LogP contribution in [0.15, 0.2) is 35.2 Å².